The number of rotatable bonds is 4. The predicted octanol–water partition coefficient (Wildman–Crippen LogP) is 3.14. The van der Waals surface area contributed by atoms with Gasteiger partial charge in [-0.2, -0.15) is 0 Å². The molecule has 0 nitrogen and oxygen atoms in total. The van der Waals surface area contributed by atoms with Crippen LogP contribution in [0.3, 0.4) is 0 Å². The molecule has 0 radical (unpaired) electrons. The predicted molar refractivity (Wildman–Crippen MR) is 65.9 cm³/mol. The lowest BCUT2D eigenvalue weighted by atomic mass is 10.6. The summed E-state index contributed by atoms with van der Waals surface area (Å²) in [6.07, 6.45) is 11.2. The van der Waals surface area contributed by atoms with Crippen LogP contribution >= 0.6 is 13.8 Å². The maximum atomic E-state index is 4.34. The van der Waals surface area contributed by atoms with Crippen molar-refractivity contribution >= 4 is 26.4 Å². The molecule has 0 amide bonds. The van der Waals surface area contributed by atoms with Crippen molar-refractivity contribution < 1.29 is 0 Å². The van der Waals surface area contributed by atoms with Gasteiger partial charge >= 0.3 is 0 Å². The van der Waals surface area contributed by atoms with Gasteiger partial charge in [-0.1, -0.05) is 13.3 Å². The molecule has 0 aromatic rings. The van der Waals surface area contributed by atoms with Crippen LogP contribution in [-0.4, -0.2) is 44.7 Å². The first-order valence-corrected chi connectivity index (χ1v) is 9.98. The Morgan fingerprint density at radius 1 is 1.09 bits per heavy atom. The average molecular weight is 192 g/mol. The molecule has 1 atom stereocenters. The lowest BCUT2D eigenvalue weighted by Crippen LogP contribution is -1.93. The van der Waals surface area contributed by atoms with Crippen LogP contribution < -0.4 is 0 Å². The molecule has 11 heavy (non-hydrogen) atoms. The van der Waals surface area contributed by atoms with E-state index in [4.69, 9.17) is 0 Å². The molecule has 2 heteroatoms. The highest BCUT2D eigenvalue weighted by Crippen LogP contribution is 2.54. The van der Waals surface area contributed by atoms with E-state index in [0.717, 1.165) is 0 Å². The van der Waals surface area contributed by atoms with Crippen LogP contribution in [0.4, 0.5) is 0 Å². The van der Waals surface area contributed by atoms with Gasteiger partial charge in [0, 0.05) is 0 Å². The minimum Gasteiger partial charge on any atom is -0.114 e. The molecule has 1 unspecified atom stereocenters. The van der Waals surface area contributed by atoms with Crippen molar-refractivity contribution in [2.75, 3.05) is 32.1 Å². The van der Waals surface area contributed by atoms with E-state index in [-0.39, 0.29) is 0 Å². The third-order valence-electron chi connectivity index (χ3n) is 1.49. The Kier molecular flexibility index (Phi) is 4.23. The zero-order valence-electron chi connectivity index (χ0n) is 8.43. The molecule has 0 aliphatic rings. The number of hydrogen-bond donors (Lipinski definition) is 0. The monoisotopic (exact) mass is 192 g/mol. The van der Waals surface area contributed by atoms with Gasteiger partial charge in [0.2, 0.25) is 0 Å². The van der Waals surface area contributed by atoms with E-state index in [1.165, 1.54) is 18.5 Å². The van der Waals surface area contributed by atoms with Crippen molar-refractivity contribution in [1.29, 1.82) is 0 Å². The first-order chi connectivity index (χ1) is 4.77. The Hall–Kier alpha value is 0.600. The van der Waals surface area contributed by atoms with Gasteiger partial charge in [0.15, 0.2) is 0 Å². The molecule has 0 aliphatic carbocycles. The van der Waals surface area contributed by atoms with E-state index >= 15 is 0 Å². The molecular weight excluding hydrogens is 170 g/mol. The minimum absolute atomic E-state index is 0.827. The van der Waals surface area contributed by atoms with Crippen molar-refractivity contribution in [1.82, 2.24) is 0 Å². The highest BCUT2D eigenvalue weighted by molar-refractivity contribution is 7.88. The average Bonchev–Trinajstić information content (AvgIpc) is 1.55. The van der Waals surface area contributed by atoms with E-state index in [0.29, 0.717) is 0 Å². The summed E-state index contributed by atoms with van der Waals surface area (Å²) in [7, 11) is 0. The fourth-order valence-electron chi connectivity index (χ4n) is 1.53. The van der Waals surface area contributed by atoms with Gasteiger partial charge in [0.1, 0.15) is 0 Å². The summed E-state index contributed by atoms with van der Waals surface area (Å²) in [4.78, 5) is 0. The topological polar surface area (TPSA) is 0 Å². The molecule has 0 aromatic carbocycles. The highest BCUT2D eigenvalue weighted by atomic mass is 31.2. The van der Waals surface area contributed by atoms with Crippen LogP contribution in [0.2, 0.25) is 0 Å². The van der Waals surface area contributed by atoms with Gasteiger partial charge in [0.25, 0.3) is 0 Å². The second kappa shape index (κ2) is 4.01. The maximum Gasteiger partial charge on any atom is -0.0140 e. The third kappa shape index (κ3) is 6.98. The van der Waals surface area contributed by atoms with Gasteiger partial charge in [-0.05, 0) is 32.1 Å². The van der Waals surface area contributed by atoms with Crippen molar-refractivity contribution in [3.05, 3.63) is 0 Å². The van der Waals surface area contributed by atoms with Gasteiger partial charge in [-0.25, -0.2) is 0 Å². The van der Waals surface area contributed by atoms with E-state index in [1.807, 2.05) is 0 Å². The Bertz CT molecular complexity index is 198. The van der Waals surface area contributed by atoms with Gasteiger partial charge in [-0.3, -0.25) is 0 Å². The van der Waals surface area contributed by atoms with Crippen LogP contribution in [0, 0.1) is 0 Å². The second-order valence-corrected chi connectivity index (χ2v) is 13.1. The molecule has 0 N–H and O–H groups in total. The second-order valence-electron chi connectivity index (χ2n) is 4.42. The third-order valence-corrected chi connectivity index (χ3v) is 8.81. The molecule has 0 fully saturated rings. The maximum absolute atomic E-state index is 4.34. The molecule has 0 bridgehead atoms. The van der Waals surface area contributed by atoms with Crippen LogP contribution in [-0.2, 0) is 0 Å². The standard InChI is InChI=1S/C9H22P2/c1-7-8-11(5,6)9-10(2,3)4/h2,5,7-9H2,1,3-4,6H3. The van der Waals surface area contributed by atoms with Gasteiger partial charge in [-0.15, -0.1) is 26.4 Å². The lowest BCUT2D eigenvalue weighted by Gasteiger charge is -2.24. The molecule has 0 saturated heterocycles. The van der Waals surface area contributed by atoms with Crippen molar-refractivity contribution in [3.8, 4) is 0 Å². The van der Waals surface area contributed by atoms with Crippen LogP contribution in [0.25, 0.3) is 0 Å². The van der Waals surface area contributed by atoms with Crippen molar-refractivity contribution in [2.45, 2.75) is 13.3 Å². The first-order valence-electron chi connectivity index (χ1n) is 4.13. The molecular formula is C9H22P2. The summed E-state index contributed by atoms with van der Waals surface area (Å²) in [5.74, 6) is 1.33. The zero-order chi connectivity index (χ0) is 9.12. The largest absolute Gasteiger partial charge is 0.114 e. The fraction of sp³-hybridized carbons (Fsp3) is 0.778. The van der Waals surface area contributed by atoms with Crippen LogP contribution in [0.5, 0.6) is 0 Å². The Morgan fingerprint density at radius 3 is 1.82 bits per heavy atom. The summed E-state index contributed by atoms with van der Waals surface area (Å²) in [6, 6.07) is 0. The fourth-order valence-corrected chi connectivity index (χ4v) is 10.6. The van der Waals surface area contributed by atoms with Gasteiger partial charge < -0.3 is 0 Å². The molecule has 0 aliphatic heterocycles. The molecule has 0 spiro atoms. The van der Waals surface area contributed by atoms with E-state index in [1.54, 1.807) is 0 Å². The van der Waals surface area contributed by atoms with Crippen LogP contribution in [0.15, 0.2) is 0 Å². The molecule has 0 saturated carbocycles. The van der Waals surface area contributed by atoms with E-state index in [2.05, 4.69) is 39.5 Å². The highest BCUT2D eigenvalue weighted by Gasteiger charge is 2.10. The molecule has 0 aromatic heterocycles. The smallest absolute Gasteiger partial charge is 0.0140 e. The van der Waals surface area contributed by atoms with Gasteiger partial charge in [0.05, 0.1) is 0 Å². The Labute approximate surface area is 72.3 Å². The van der Waals surface area contributed by atoms with Crippen molar-refractivity contribution in [2.24, 2.45) is 0 Å². The minimum atomic E-state index is -0.830. The normalized spacial score (nSPS) is 17.8. The Morgan fingerprint density at radius 2 is 1.55 bits per heavy atom. The van der Waals surface area contributed by atoms with Crippen LogP contribution in [0.1, 0.15) is 13.3 Å². The van der Waals surface area contributed by atoms with E-state index in [9.17, 15) is 0 Å². The lowest BCUT2D eigenvalue weighted by molar-refractivity contribution is 1.10. The molecule has 0 heterocycles. The summed E-state index contributed by atoms with van der Waals surface area (Å²) in [5.41, 5.74) is 0. The first kappa shape index (κ1) is 11.6. The summed E-state index contributed by atoms with van der Waals surface area (Å²) in [5, 5.41) is 0. The summed E-state index contributed by atoms with van der Waals surface area (Å²) in [6.45, 7) is 7.58. The zero-order valence-corrected chi connectivity index (χ0v) is 10.2. The summed E-state index contributed by atoms with van der Waals surface area (Å²) >= 11 is 0. The Balaban J connectivity index is 4.14. The number of hydrogen-bond acceptors (Lipinski definition) is 0. The quantitative estimate of drug-likeness (QED) is 0.600. The summed E-state index contributed by atoms with van der Waals surface area (Å²) < 4.78 is 0. The van der Waals surface area contributed by atoms with E-state index < -0.39 is 13.8 Å². The molecule has 0 rings (SSSR count). The van der Waals surface area contributed by atoms with Crippen molar-refractivity contribution in [3.63, 3.8) is 0 Å². The SMILES string of the molecule is C=P(C)(C)CP(=C)(C)CCC. The molecule has 68 valence electrons.